The first-order chi connectivity index (χ1) is 14.1. The summed E-state index contributed by atoms with van der Waals surface area (Å²) in [6.45, 7) is 0. The van der Waals surface area contributed by atoms with Crippen molar-refractivity contribution < 1.29 is 9.59 Å². The average molecular weight is 388 g/mol. The normalized spacial score (nSPS) is 13.4. The van der Waals surface area contributed by atoms with Gasteiger partial charge in [0, 0.05) is 36.0 Å². The molecule has 2 N–H and O–H groups in total. The van der Waals surface area contributed by atoms with Gasteiger partial charge in [-0.3, -0.25) is 9.59 Å². The van der Waals surface area contributed by atoms with E-state index in [0.717, 1.165) is 24.0 Å². The van der Waals surface area contributed by atoms with Crippen LogP contribution < -0.4 is 10.6 Å². The third-order valence-electron chi connectivity index (χ3n) is 4.52. The lowest BCUT2D eigenvalue weighted by molar-refractivity contribution is -0.111. The van der Waals surface area contributed by atoms with E-state index in [-0.39, 0.29) is 11.8 Å². The minimum Gasteiger partial charge on any atom is -0.349 e. The summed E-state index contributed by atoms with van der Waals surface area (Å²) in [4.78, 5) is 24.2. The minimum atomic E-state index is -0.256. The van der Waals surface area contributed by atoms with Gasteiger partial charge in [-0.25, -0.2) is 4.68 Å². The topological polar surface area (TPSA) is 102 Å². The van der Waals surface area contributed by atoms with Crippen molar-refractivity contribution in [1.82, 2.24) is 25.5 Å². The zero-order valence-corrected chi connectivity index (χ0v) is 15.9. The first-order valence-electron chi connectivity index (χ1n) is 9.31. The average Bonchev–Trinajstić information content (AvgIpc) is 3.44. The summed E-state index contributed by atoms with van der Waals surface area (Å²) in [5.74, 6) is 0.301. The summed E-state index contributed by atoms with van der Waals surface area (Å²) in [5, 5.41) is 17.2. The standard InChI is InChI=1S/C21H20N6O2/c1-27-20(24-25-26-27)16-3-2-4-18(13-16)22-19(28)12-7-14-5-8-15(9-6-14)21(29)23-17-10-11-17/h2-9,12-13,17H,10-11H2,1H3,(H,22,28)(H,23,29)/b12-7+. The maximum absolute atomic E-state index is 12.2. The molecule has 8 heteroatoms. The van der Waals surface area contributed by atoms with Crippen molar-refractivity contribution in [3.05, 3.63) is 65.7 Å². The van der Waals surface area contributed by atoms with E-state index in [1.165, 1.54) is 6.08 Å². The molecule has 0 spiro atoms. The van der Waals surface area contributed by atoms with Crippen LogP contribution in [0.3, 0.4) is 0 Å². The number of nitrogens with zero attached hydrogens (tertiary/aromatic N) is 4. The number of benzene rings is 2. The number of aryl methyl sites for hydroxylation is 1. The van der Waals surface area contributed by atoms with E-state index < -0.39 is 0 Å². The van der Waals surface area contributed by atoms with E-state index >= 15 is 0 Å². The summed E-state index contributed by atoms with van der Waals surface area (Å²) in [6, 6.07) is 14.8. The van der Waals surface area contributed by atoms with Crippen LogP contribution in [0.25, 0.3) is 17.5 Å². The van der Waals surface area contributed by atoms with Gasteiger partial charge in [-0.2, -0.15) is 0 Å². The zero-order valence-electron chi connectivity index (χ0n) is 15.9. The molecule has 1 aliphatic rings. The van der Waals surface area contributed by atoms with Gasteiger partial charge < -0.3 is 10.6 Å². The highest BCUT2D eigenvalue weighted by Crippen LogP contribution is 2.20. The monoisotopic (exact) mass is 388 g/mol. The minimum absolute atomic E-state index is 0.0567. The Morgan fingerprint density at radius 2 is 1.93 bits per heavy atom. The largest absolute Gasteiger partial charge is 0.349 e. The highest BCUT2D eigenvalue weighted by molar-refractivity contribution is 6.02. The molecule has 146 valence electrons. The van der Waals surface area contributed by atoms with Gasteiger partial charge in [0.15, 0.2) is 5.82 Å². The van der Waals surface area contributed by atoms with Crippen LogP contribution in [0.2, 0.25) is 0 Å². The lowest BCUT2D eigenvalue weighted by atomic mass is 10.1. The second-order valence-electron chi connectivity index (χ2n) is 6.90. The van der Waals surface area contributed by atoms with Crippen LogP contribution in [0.4, 0.5) is 5.69 Å². The Bertz CT molecular complexity index is 1070. The van der Waals surface area contributed by atoms with Crippen molar-refractivity contribution in [1.29, 1.82) is 0 Å². The Labute approximate surface area is 167 Å². The van der Waals surface area contributed by atoms with Crippen molar-refractivity contribution in [3.63, 3.8) is 0 Å². The number of hydrogen-bond acceptors (Lipinski definition) is 5. The molecule has 8 nitrogen and oxygen atoms in total. The fourth-order valence-electron chi connectivity index (χ4n) is 2.81. The van der Waals surface area contributed by atoms with Crippen LogP contribution in [0, 0.1) is 0 Å². The summed E-state index contributed by atoms with van der Waals surface area (Å²) in [7, 11) is 1.75. The summed E-state index contributed by atoms with van der Waals surface area (Å²) in [5.41, 5.74) is 2.90. The number of hydrogen-bond donors (Lipinski definition) is 2. The Balaban J connectivity index is 1.37. The zero-order chi connectivity index (χ0) is 20.2. The molecule has 29 heavy (non-hydrogen) atoms. The Morgan fingerprint density at radius 1 is 1.14 bits per heavy atom. The molecule has 3 aromatic rings. The number of tetrazole rings is 1. The third-order valence-corrected chi connectivity index (χ3v) is 4.52. The number of amides is 2. The van der Waals surface area contributed by atoms with Crippen molar-refractivity contribution in [2.75, 3.05) is 5.32 Å². The third kappa shape index (κ3) is 4.73. The molecule has 1 aliphatic carbocycles. The molecule has 4 rings (SSSR count). The molecule has 1 saturated carbocycles. The van der Waals surface area contributed by atoms with Gasteiger partial charge >= 0.3 is 0 Å². The lowest BCUT2D eigenvalue weighted by Crippen LogP contribution is -2.25. The Kier molecular flexibility index (Phi) is 5.15. The highest BCUT2D eigenvalue weighted by atomic mass is 16.2. The SMILES string of the molecule is Cn1nnnc1-c1cccc(NC(=O)/C=C/c2ccc(C(=O)NC3CC3)cc2)c1. The number of carbonyl (C=O) groups excluding carboxylic acids is 2. The van der Waals surface area contributed by atoms with Gasteiger partial charge in [-0.1, -0.05) is 24.3 Å². The molecule has 2 amide bonds. The maximum Gasteiger partial charge on any atom is 0.251 e. The molecule has 1 heterocycles. The van der Waals surface area contributed by atoms with Crippen LogP contribution in [-0.4, -0.2) is 38.1 Å². The van der Waals surface area contributed by atoms with E-state index in [2.05, 4.69) is 26.2 Å². The van der Waals surface area contributed by atoms with E-state index in [0.29, 0.717) is 23.1 Å². The van der Waals surface area contributed by atoms with Crippen molar-refractivity contribution in [2.45, 2.75) is 18.9 Å². The smallest absolute Gasteiger partial charge is 0.251 e. The molecular formula is C21H20N6O2. The summed E-state index contributed by atoms with van der Waals surface area (Å²) < 4.78 is 1.56. The van der Waals surface area contributed by atoms with Crippen LogP contribution >= 0.6 is 0 Å². The molecule has 0 unspecified atom stereocenters. The molecule has 1 aromatic heterocycles. The number of carbonyl (C=O) groups is 2. The quantitative estimate of drug-likeness (QED) is 0.632. The van der Waals surface area contributed by atoms with Gasteiger partial charge in [0.25, 0.3) is 5.91 Å². The maximum atomic E-state index is 12.2. The van der Waals surface area contributed by atoms with Crippen LogP contribution in [0.15, 0.2) is 54.6 Å². The Morgan fingerprint density at radius 3 is 2.62 bits per heavy atom. The first kappa shape index (κ1) is 18.5. The van der Waals surface area contributed by atoms with Gasteiger partial charge in [0.2, 0.25) is 5.91 Å². The Hall–Kier alpha value is -3.81. The molecule has 0 aliphatic heterocycles. The summed E-state index contributed by atoms with van der Waals surface area (Å²) >= 11 is 0. The highest BCUT2D eigenvalue weighted by Gasteiger charge is 2.23. The molecule has 0 saturated heterocycles. The second kappa shape index (κ2) is 8.05. The second-order valence-corrected chi connectivity index (χ2v) is 6.90. The van der Waals surface area contributed by atoms with E-state index in [1.807, 2.05) is 30.3 Å². The first-order valence-corrected chi connectivity index (χ1v) is 9.31. The van der Waals surface area contributed by atoms with Crippen LogP contribution in [0.5, 0.6) is 0 Å². The van der Waals surface area contributed by atoms with Crippen molar-refractivity contribution >= 4 is 23.6 Å². The van der Waals surface area contributed by atoms with E-state index in [1.54, 1.807) is 36.0 Å². The fourth-order valence-corrected chi connectivity index (χ4v) is 2.81. The van der Waals surface area contributed by atoms with E-state index in [4.69, 9.17) is 0 Å². The lowest BCUT2D eigenvalue weighted by Gasteiger charge is -2.05. The molecule has 2 aromatic carbocycles. The van der Waals surface area contributed by atoms with Gasteiger partial charge in [-0.05, 0) is 59.2 Å². The number of nitrogens with one attached hydrogen (secondary N) is 2. The predicted octanol–water partition coefficient (Wildman–Crippen LogP) is 2.42. The molecule has 1 fully saturated rings. The summed E-state index contributed by atoms with van der Waals surface area (Å²) in [6.07, 6.45) is 5.27. The molecule has 0 radical (unpaired) electrons. The fraction of sp³-hybridized carbons (Fsp3) is 0.190. The van der Waals surface area contributed by atoms with Gasteiger partial charge in [0.1, 0.15) is 0 Å². The molecule has 0 atom stereocenters. The van der Waals surface area contributed by atoms with E-state index in [9.17, 15) is 9.59 Å². The van der Waals surface area contributed by atoms with Gasteiger partial charge in [0.05, 0.1) is 0 Å². The number of aromatic nitrogens is 4. The van der Waals surface area contributed by atoms with Crippen molar-refractivity contribution in [3.8, 4) is 11.4 Å². The molecular weight excluding hydrogens is 368 g/mol. The number of rotatable bonds is 6. The van der Waals surface area contributed by atoms with Crippen LogP contribution in [0.1, 0.15) is 28.8 Å². The van der Waals surface area contributed by atoms with Gasteiger partial charge in [-0.15, -0.1) is 5.10 Å². The predicted molar refractivity (Wildman–Crippen MR) is 109 cm³/mol. The molecule has 0 bridgehead atoms. The van der Waals surface area contributed by atoms with Crippen LogP contribution in [-0.2, 0) is 11.8 Å². The van der Waals surface area contributed by atoms with Crippen molar-refractivity contribution in [2.24, 2.45) is 7.05 Å². The number of anilines is 1.